The summed E-state index contributed by atoms with van der Waals surface area (Å²) in [6.07, 6.45) is 8.96. The van der Waals surface area contributed by atoms with E-state index in [1.807, 2.05) is 0 Å². The van der Waals surface area contributed by atoms with Crippen molar-refractivity contribution in [2.75, 3.05) is 0 Å². The number of hydrogen-bond acceptors (Lipinski definition) is 4. The van der Waals surface area contributed by atoms with E-state index in [1.165, 1.54) is 31.8 Å². The Bertz CT molecular complexity index is 1060. The third-order valence-corrected chi connectivity index (χ3v) is 13.5. The van der Waals surface area contributed by atoms with Gasteiger partial charge in [-0.3, -0.25) is 14.4 Å². The first-order valence-corrected chi connectivity index (χ1v) is 14.7. The fraction of sp³-hybridized carbons (Fsp3) is 0.844. The molecule has 1 N–H and O–H groups in total. The summed E-state index contributed by atoms with van der Waals surface area (Å²) in [7, 11) is 0. The molecule has 0 bridgehead atoms. The van der Waals surface area contributed by atoms with Crippen LogP contribution in [0.4, 0.5) is 0 Å². The van der Waals surface area contributed by atoms with Gasteiger partial charge >= 0.3 is 11.9 Å². The van der Waals surface area contributed by atoms with Crippen molar-refractivity contribution in [3.63, 3.8) is 0 Å². The van der Waals surface area contributed by atoms with E-state index in [2.05, 4.69) is 47.6 Å². The predicted octanol–water partition coefficient (Wildman–Crippen LogP) is 6.84. The number of ether oxygens (including phenoxy) is 1. The van der Waals surface area contributed by atoms with Crippen LogP contribution in [0.2, 0.25) is 0 Å². The first-order valence-electron chi connectivity index (χ1n) is 14.7. The molecule has 5 rings (SSSR count). The van der Waals surface area contributed by atoms with Gasteiger partial charge in [0.05, 0.1) is 0 Å². The number of fused-ring (bicyclic) bond motifs is 7. The average molecular weight is 513 g/mol. The number of carboxylic acid groups (broad SMARTS) is 1. The zero-order valence-corrected chi connectivity index (χ0v) is 24.3. The van der Waals surface area contributed by atoms with Gasteiger partial charge in [0.15, 0.2) is 5.78 Å². The molecule has 0 aliphatic heterocycles. The Morgan fingerprint density at radius 1 is 0.946 bits per heavy atom. The lowest BCUT2D eigenvalue weighted by Gasteiger charge is -2.70. The smallest absolute Gasteiger partial charge is 0.313 e. The summed E-state index contributed by atoms with van der Waals surface area (Å²) in [4.78, 5) is 39.1. The van der Waals surface area contributed by atoms with Crippen LogP contribution >= 0.6 is 0 Å². The normalized spacial score (nSPS) is 53.1. The number of aliphatic carboxylic acids is 1. The standard InChI is InChI=1S/C32H48O5/c1-18-9-12-28(4)15-16-30(6)21(25(28)19(18)2)17-22(34)26-29(5)13-11-24(37-20(3)33)32(8,27(35)36)23(29)10-14-31(26,30)7/h17-19,23-26H,9-16H2,1-8H3,(H,35,36)/t18-,19+,23-,24-,25?,26-,28-,29+,30-,31-,32-/m1/s1. The van der Waals surface area contributed by atoms with Gasteiger partial charge in [0.25, 0.3) is 0 Å². The van der Waals surface area contributed by atoms with Crippen molar-refractivity contribution in [1.29, 1.82) is 0 Å². The molecule has 0 heterocycles. The minimum atomic E-state index is -1.20. The molecule has 5 aliphatic carbocycles. The first kappa shape index (κ1) is 26.9. The van der Waals surface area contributed by atoms with E-state index >= 15 is 0 Å². The molecule has 4 saturated carbocycles. The number of allylic oxidation sites excluding steroid dienone is 2. The molecule has 0 aromatic carbocycles. The van der Waals surface area contributed by atoms with Gasteiger partial charge in [0.1, 0.15) is 11.5 Å². The van der Waals surface area contributed by atoms with Crippen molar-refractivity contribution in [2.45, 2.75) is 113 Å². The van der Waals surface area contributed by atoms with Crippen molar-refractivity contribution in [3.05, 3.63) is 11.6 Å². The quantitative estimate of drug-likeness (QED) is 0.410. The molecule has 37 heavy (non-hydrogen) atoms. The summed E-state index contributed by atoms with van der Waals surface area (Å²) in [5, 5.41) is 10.5. The minimum absolute atomic E-state index is 0.0680. The van der Waals surface area contributed by atoms with Crippen LogP contribution in [0.15, 0.2) is 11.6 Å². The highest BCUT2D eigenvalue weighted by Crippen LogP contribution is 2.75. The Hall–Kier alpha value is -1.65. The van der Waals surface area contributed by atoms with Gasteiger partial charge in [-0.1, -0.05) is 47.1 Å². The minimum Gasteiger partial charge on any atom is -0.481 e. The van der Waals surface area contributed by atoms with Gasteiger partial charge in [0, 0.05) is 12.8 Å². The Morgan fingerprint density at radius 3 is 2.24 bits per heavy atom. The average Bonchev–Trinajstić information content (AvgIpc) is 2.79. The predicted molar refractivity (Wildman–Crippen MR) is 143 cm³/mol. The largest absolute Gasteiger partial charge is 0.481 e. The molecule has 1 unspecified atom stereocenters. The molecule has 0 amide bonds. The van der Waals surface area contributed by atoms with Crippen LogP contribution in [0, 0.1) is 56.7 Å². The molecular formula is C32H48O5. The first-order chi connectivity index (χ1) is 17.1. The maximum atomic E-state index is 14.4. The monoisotopic (exact) mass is 512 g/mol. The number of ketones is 1. The Morgan fingerprint density at radius 2 is 1.62 bits per heavy atom. The van der Waals surface area contributed by atoms with Crippen LogP contribution in [-0.2, 0) is 19.1 Å². The van der Waals surface area contributed by atoms with E-state index in [4.69, 9.17) is 4.74 Å². The number of carbonyl (C=O) groups is 3. The number of rotatable bonds is 2. The maximum absolute atomic E-state index is 14.4. The molecule has 0 saturated heterocycles. The van der Waals surface area contributed by atoms with Gasteiger partial charge in [-0.15, -0.1) is 0 Å². The number of carbonyl (C=O) groups excluding carboxylic acids is 2. The molecule has 5 heteroatoms. The molecule has 4 fully saturated rings. The van der Waals surface area contributed by atoms with Crippen LogP contribution in [-0.4, -0.2) is 28.9 Å². The molecule has 5 aliphatic rings. The van der Waals surface area contributed by atoms with Crippen molar-refractivity contribution in [3.8, 4) is 0 Å². The molecule has 0 spiro atoms. The summed E-state index contributed by atoms with van der Waals surface area (Å²) in [6, 6.07) is 0. The van der Waals surface area contributed by atoms with Crippen LogP contribution in [0.25, 0.3) is 0 Å². The topological polar surface area (TPSA) is 80.7 Å². The summed E-state index contributed by atoms with van der Waals surface area (Å²) >= 11 is 0. The van der Waals surface area contributed by atoms with Gasteiger partial charge in [-0.2, -0.15) is 0 Å². The van der Waals surface area contributed by atoms with Crippen molar-refractivity contribution >= 4 is 17.7 Å². The number of carboxylic acids is 1. The lowest BCUT2D eigenvalue weighted by molar-refractivity contribution is -0.220. The molecule has 11 atom stereocenters. The number of hydrogen-bond donors (Lipinski definition) is 1. The highest BCUT2D eigenvalue weighted by atomic mass is 16.5. The molecule has 5 nitrogen and oxygen atoms in total. The van der Waals surface area contributed by atoms with Crippen LogP contribution in [0.3, 0.4) is 0 Å². The number of esters is 1. The second kappa shape index (κ2) is 8.18. The summed E-state index contributed by atoms with van der Waals surface area (Å²) in [5.41, 5.74) is -0.280. The molecule has 0 aromatic rings. The van der Waals surface area contributed by atoms with E-state index in [1.54, 1.807) is 6.92 Å². The summed E-state index contributed by atoms with van der Waals surface area (Å²) < 4.78 is 5.63. The van der Waals surface area contributed by atoms with E-state index in [-0.39, 0.29) is 33.9 Å². The second-order valence-electron chi connectivity index (χ2n) is 15.0. The van der Waals surface area contributed by atoms with E-state index < -0.39 is 28.9 Å². The summed E-state index contributed by atoms with van der Waals surface area (Å²) in [6.45, 7) is 17.4. The van der Waals surface area contributed by atoms with E-state index in [9.17, 15) is 19.5 Å². The second-order valence-corrected chi connectivity index (χ2v) is 15.0. The lowest BCUT2D eigenvalue weighted by Crippen LogP contribution is -2.68. The van der Waals surface area contributed by atoms with E-state index in [0.717, 1.165) is 19.3 Å². The maximum Gasteiger partial charge on any atom is 0.313 e. The highest BCUT2D eigenvalue weighted by Gasteiger charge is 2.72. The third-order valence-electron chi connectivity index (χ3n) is 13.5. The zero-order valence-electron chi connectivity index (χ0n) is 24.3. The highest BCUT2D eigenvalue weighted by molar-refractivity contribution is 5.96. The fourth-order valence-electron chi connectivity index (χ4n) is 11.0. The van der Waals surface area contributed by atoms with Gasteiger partial charge < -0.3 is 9.84 Å². The van der Waals surface area contributed by atoms with Gasteiger partial charge in [-0.25, -0.2) is 0 Å². The molecular weight excluding hydrogens is 464 g/mol. The molecule has 0 aromatic heterocycles. The van der Waals surface area contributed by atoms with E-state index in [0.29, 0.717) is 30.6 Å². The third kappa shape index (κ3) is 3.30. The fourth-order valence-corrected chi connectivity index (χ4v) is 11.0. The van der Waals surface area contributed by atoms with Crippen LogP contribution in [0.1, 0.15) is 107 Å². The van der Waals surface area contributed by atoms with Crippen LogP contribution < -0.4 is 0 Å². The Labute approximate surface area is 223 Å². The SMILES string of the molecule is CC(=O)O[C@@H]1CC[C@@]2(C)[C@@H](CC[C@]3(C)[C@@H]2C(=O)C=C2C4[C@@H](C)[C@H](C)CC[C@]4(C)CC[C@]23C)[C@@]1(C)C(=O)O. The molecule has 206 valence electrons. The summed E-state index contributed by atoms with van der Waals surface area (Å²) in [5.74, 6) is 0.0756. The van der Waals surface area contributed by atoms with Crippen LogP contribution in [0.5, 0.6) is 0 Å². The van der Waals surface area contributed by atoms with Gasteiger partial charge in [0.2, 0.25) is 0 Å². The van der Waals surface area contributed by atoms with Crippen molar-refractivity contribution in [2.24, 2.45) is 56.7 Å². The lowest BCUT2D eigenvalue weighted by atomic mass is 9.33. The Kier molecular flexibility index (Phi) is 5.95. The molecule has 0 radical (unpaired) electrons. The van der Waals surface area contributed by atoms with Crippen molar-refractivity contribution < 1.29 is 24.2 Å². The Balaban J connectivity index is 1.62. The van der Waals surface area contributed by atoms with Crippen molar-refractivity contribution in [1.82, 2.24) is 0 Å². The van der Waals surface area contributed by atoms with Gasteiger partial charge in [-0.05, 0) is 110 Å². The zero-order chi connectivity index (χ0) is 27.3.